The summed E-state index contributed by atoms with van der Waals surface area (Å²) in [5.74, 6) is 0.902. The number of hydrogen-bond acceptors (Lipinski definition) is 3. The number of aromatic nitrogens is 1. The highest BCUT2D eigenvalue weighted by Gasteiger charge is 2.11. The predicted molar refractivity (Wildman–Crippen MR) is 105 cm³/mol. The van der Waals surface area contributed by atoms with E-state index in [2.05, 4.69) is 33.0 Å². The molecule has 3 N–H and O–H groups in total. The number of benzene rings is 2. The van der Waals surface area contributed by atoms with Gasteiger partial charge in [0.05, 0.1) is 0 Å². The molecule has 4 nitrogen and oxygen atoms in total. The average molecular weight is 420 g/mol. The Morgan fingerprint density at radius 1 is 1.08 bits per heavy atom. The zero-order valence-electron chi connectivity index (χ0n) is 13.3. The van der Waals surface area contributed by atoms with Gasteiger partial charge in [0.15, 0.2) is 0 Å². The molecule has 128 valence electrons. The zero-order chi connectivity index (χ0) is 17.8. The van der Waals surface area contributed by atoms with Crippen molar-refractivity contribution in [1.82, 2.24) is 4.98 Å². The maximum Gasteiger partial charge on any atom is 0.266 e. The van der Waals surface area contributed by atoms with Crippen molar-refractivity contribution in [2.75, 3.05) is 5.73 Å². The third-order valence-corrected chi connectivity index (χ3v) is 4.61. The van der Waals surface area contributed by atoms with E-state index in [0.29, 0.717) is 33.1 Å². The number of ether oxygens (including phenoxy) is 1. The van der Waals surface area contributed by atoms with Crippen molar-refractivity contribution in [2.45, 2.75) is 12.8 Å². The summed E-state index contributed by atoms with van der Waals surface area (Å²) in [6.45, 7) is 0. The lowest BCUT2D eigenvalue weighted by atomic mass is 10.1. The predicted octanol–water partition coefficient (Wildman–Crippen LogP) is 4.95. The fourth-order valence-corrected chi connectivity index (χ4v) is 3.00. The van der Waals surface area contributed by atoms with E-state index in [1.165, 1.54) is 5.56 Å². The Hall–Kier alpha value is -2.24. The zero-order valence-corrected chi connectivity index (χ0v) is 15.6. The minimum atomic E-state index is -0.240. The first-order valence-electron chi connectivity index (χ1n) is 7.71. The molecule has 1 aromatic heterocycles. The van der Waals surface area contributed by atoms with Crippen molar-refractivity contribution in [2.24, 2.45) is 0 Å². The molecular formula is C19H16BrClN2O2. The molecule has 1 heterocycles. The van der Waals surface area contributed by atoms with Crippen LogP contribution in [0.1, 0.15) is 11.3 Å². The Balaban J connectivity index is 1.84. The Labute approximate surface area is 158 Å². The highest BCUT2D eigenvalue weighted by molar-refractivity contribution is 9.10. The van der Waals surface area contributed by atoms with E-state index in [9.17, 15) is 4.79 Å². The number of aromatic amines is 1. The summed E-state index contributed by atoms with van der Waals surface area (Å²) in [7, 11) is 0. The SMILES string of the molecule is Nc1cc(Cl)cc(Oc2cc(CCc3ccccc3)[nH]c(=O)c2Br)c1. The van der Waals surface area contributed by atoms with Gasteiger partial charge in [0.1, 0.15) is 16.0 Å². The van der Waals surface area contributed by atoms with E-state index < -0.39 is 0 Å². The van der Waals surface area contributed by atoms with Crippen LogP contribution in [0.5, 0.6) is 11.5 Å². The smallest absolute Gasteiger partial charge is 0.266 e. The van der Waals surface area contributed by atoms with Gasteiger partial charge in [0.2, 0.25) is 0 Å². The first-order chi connectivity index (χ1) is 12.0. The topological polar surface area (TPSA) is 68.1 Å². The van der Waals surface area contributed by atoms with Crippen LogP contribution in [-0.2, 0) is 12.8 Å². The summed E-state index contributed by atoms with van der Waals surface area (Å²) >= 11 is 9.27. The molecule has 0 fully saturated rings. The highest BCUT2D eigenvalue weighted by Crippen LogP contribution is 2.30. The number of nitrogens with two attached hydrogens (primary N) is 1. The number of nitrogens with one attached hydrogen (secondary N) is 1. The van der Waals surface area contributed by atoms with E-state index >= 15 is 0 Å². The molecule has 0 atom stereocenters. The largest absolute Gasteiger partial charge is 0.456 e. The van der Waals surface area contributed by atoms with Gasteiger partial charge in [0.25, 0.3) is 5.56 Å². The van der Waals surface area contributed by atoms with E-state index in [4.69, 9.17) is 22.1 Å². The van der Waals surface area contributed by atoms with E-state index in [0.717, 1.165) is 12.1 Å². The van der Waals surface area contributed by atoms with Crippen molar-refractivity contribution in [3.05, 3.63) is 85.7 Å². The Morgan fingerprint density at radius 2 is 1.84 bits per heavy atom. The molecule has 0 saturated carbocycles. The summed E-state index contributed by atoms with van der Waals surface area (Å²) in [5, 5.41) is 0.472. The molecule has 2 aromatic carbocycles. The quantitative estimate of drug-likeness (QED) is 0.575. The minimum absolute atomic E-state index is 0.240. The molecule has 0 saturated heterocycles. The number of aryl methyl sites for hydroxylation is 2. The minimum Gasteiger partial charge on any atom is -0.456 e. The Kier molecular flexibility index (Phi) is 5.46. The first-order valence-corrected chi connectivity index (χ1v) is 8.88. The van der Waals surface area contributed by atoms with Crippen LogP contribution in [0.3, 0.4) is 0 Å². The second-order valence-corrected chi connectivity index (χ2v) is 6.84. The van der Waals surface area contributed by atoms with Crippen molar-refractivity contribution < 1.29 is 4.74 Å². The van der Waals surface area contributed by atoms with Gasteiger partial charge in [-0.05, 0) is 46.5 Å². The van der Waals surface area contributed by atoms with E-state index in [1.807, 2.05) is 24.3 Å². The summed E-state index contributed by atoms with van der Waals surface area (Å²) in [6, 6.07) is 16.8. The monoisotopic (exact) mass is 418 g/mol. The third-order valence-electron chi connectivity index (χ3n) is 3.64. The van der Waals surface area contributed by atoms with Crippen molar-refractivity contribution in [3.63, 3.8) is 0 Å². The maximum atomic E-state index is 12.2. The van der Waals surface area contributed by atoms with Gasteiger partial charge in [0, 0.05) is 28.5 Å². The summed E-state index contributed by atoms with van der Waals surface area (Å²) in [4.78, 5) is 15.0. The Morgan fingerprint density at radius 3 is 2.56 bits per heavy atom. The number of hydrogen-bond donors (Lipinski definition) is 2. The van der Waals surface area contributed by atoms with Crippen LogP contribution in [0.2, 0.25) is 5.02 Å². The lowest BCUT2D eigenvalue weighted by Crippen LogP contribution is -2.11. The van der Waals surface area contributed by atoms with Crippen LogP contribution < -0.4 is 16.0 Å². The first kappa shape index (κ1) is 17.6. The van der Waals surface area contributed by atoms with Crippen molar-refractivity contribution in [3.8, 4) is 11.5 Å². The van der Waals surface area contributed by atoms with Gasteiger partial charge >= 0.3 is 0 Å². The molecule has 3 rings (SSSR count). The third kappa shape index (κ3) is 4.65. The van der Waals surface area contributed by atoms with Gasteiger partial charge in [-0.15, -0.1) is 0 Å². The summed E-state index contributed by atoms with van der Waals surface area (Å²) in [6.07, 6.45) is 1.52. The van der Waals surface area contributed by atoms with Gasteiger partial charge < -0.3 is 15.5 Å². The van der Waals surface area contributed by atoms with E-state index in [-0.39, 0.29) is 5.56 Å². The lowest BCUT2D eigenvalue weighted by Gasteiger charge is -2.11. The fourth-order valence-electron chi connectivity index (χ4n) is 2.47. The fraction of sp³-hybridized carbons (Fsp3) is 0.105. The number of rotatable bonds is 5. The molecule has 0 aliphatic rings. The van der Waals surface area contributed by atoms with Crippen LogP contribution in [0.15, 0.2) is 63.9 Å². The van der Waals surface area contributed by atoms with Crippen LogP contribution in [0, 0.1) is 0 Å². The molecule has 25 heavy (non-hydrogen) atoms. The number of anilines is 1. The molecule has 0 bridgehead atoms. The Bertz CT molecular complexity index is 922. The van der Waals surface area contributed by atoms with Crippen LogP contribution in [0.25, 0.3) is 0 Å². The number of pyridine rings is 1. The van der Waals surface area contributed by atoms with Crippen molar-refractivity contribution in [1.29, 1.82) is 0 Å². The number of halogens is 2. The summed E-state index contributed by atoms with van der Waals surface area (Å²) in [5.41, 5.74) is 8.03. The second kappa shape index (κ2) is 7.76. The molecule has 0 radical (unpaired) electrons. The molecule has 0 aliphatic heterocycles. The standard InChI is InChI=1S/C19H16BrClN2O2/c20-18-17(25-16-9-13(21)8-14(22)10-16)11-15(23-19(18)24)7-6-12-4-2-1-3-5-12/h1-5,8-11H,6-7,22H2,(H,23,24). The van der Waals surface area contributed by atoms with Crippen LogP contribution in [-0.4, -0.2) is 4.98 Å². The highest BCUT2D eigenvalue weighted by atomic mass is 79.9. The van der Waals surface area contributed by atoms with Gasteiger partial charge in [-0.2, -0.15) is 0 Å². The number of nitrogen functional groups attached to an aromatic ring is 1. The molecule has 6 heteroatoms. The van der Waals surface area contributed by atoms with E-state index in [1.54, 1.807) is 18.2 Å². The molecule has 3 aromatic rings. The van der Waals surface area contributed by atoms with Crippen LogP contribution >= 0.6 is 27.5 Å². The molecular weight excluding hydrogens is 404 g/mol. The second-order valence-electron chi connectivity index (χ2n) is 5.61. The number of H-pyrrole nitrogens is 1. The molecule has 0 amide bonds. The normalized spacial score (nSPS) is 10.6. The summed E-state index contributed by atoms with van der Waals surface area (Å²) < 4.78 is 6.14. The average Bonchev–Trinajstić information content (AvgIpc) is 2.57. The lowest BCUT2D eigenvalue weighted by molar-refractivity contribution is 0.477. The molecule has 0 spiro atoms. The van der Waals surface area contributed by atoms with Crippen LogP contribution in [0.4, 0.5) is 5.69 Å². The molecule has 0 unspecified atom stereocenters. The molecule has 0 aliphatic carbocycles. The van der Waals surface area contributed by atoms with Gasteiger partial charge in [-0.3, -0.25) is 4.79 Å². The van der Waals surface area contributed by atoms with Gasteiger partial charge in [-0.1, -0.05) is 41.9 Å². The van der Waals surface area contributed by atoms with Gasteiger partial charge in [-0.25, -0.2) is 0 Å². The van der Waals surface area contributed by atoms with Crippen molar-refractivity contribution >= 4 is 33.2 Å². The maximum absolute atomic E-state index is 12.2.